The highest BCUT2D eigenvalue weighted by atomic mass is 19.1. The number of ether oxygens (including phenoxy) is 1. The van der Waals surface area contributed by atoms with Gasteiger partial charge < -0.3 is 14.9 Å². The molecule has 1 aromatic heterocycles. The topological polar surface area (TPSA) is 65.5 Å². The summed E-state index contributed by atoms with van der Waals surface area (Å²) in [6.07, 6.45) is -1.09. The van der Waals surface area contributed by atoms with Crippen LogP contribution in [0.25, 0.3) is 0 Å². The van der Waals surface area contributed by atoms with Crippen molar-refractivity contribution in [2.75, 3.05) is 13.7 Å². The molecular weight excluding hydrogens is 189 g/mol. The van der Waals surface area contributed by atoms with E-state index in [0.717, 1.165) is 0 Å². The number of carbonyl (C=O) groups excluding carboxylic acids is 1. The lowest BCUT2D eigenvalue weighted by Gasteiger charge is -2.01. The molecule has 1 rings (SSSR count). The molecule has 0 aliphatic heterocycles. The molecule has 1 atom stereocenters. The molecule has 14 heavy (non-hydrogen) atoms. The number of carbonyl (C=O) groups is 1. The molecule has 0 aromatic carbocycles. The van der Waals surface area contributed by atoms with Crippen LogP contribution in [0.5, 0.6) is 0 Å². The summed E-state index contributed by atoms with van der Waals surface area (Å²) < 4.78 is 22.5. The van der Waals surface area contributed by atoms with Crippen molar-refractivity contribution in [1.82, 2.24) is 0 Å². The Kier molecular flexibility index (Phi) is 3.64. The average molecular weight is 201 g/mol. The smallest absolute Gasteiger partial charge is 0.373 e. The molecule has 0 aliphatic rings. The maximum absolute atomic E-state index is 13.2. The molecule has 0 aliphatic carbocycles. The molecule has 4 nitrogen and oxygen atoms in total. The van der Waals surface area contributed by atoms with E-state index in [1.807, 2.05) is 0 Å². The van der Waals surface area contributed by atoms with Crippen LogP contribution in [0, 0.1) is 0 Å². The third-order valence-electron chi connectivity index (χ3n) is 1.74. The summed E-state index contributed by atoms with van der Waals surface area (Å²) in [5, 5.41) is 0. The summed E-state index contributed by atoms with van der Waals surface area (Å²) in [6.45, 7) is 0.232. The Hall–Kier alpha value is -1.36. The van der Waals surface area contributed by atoms with Gasteiger partial charge in [-0.25, -0.2) is 9.18 Å². The predicted octanol–water partition coefficient (Wildman–Crippen LogP) is 1.43. The molecule has 0 radical (unpaired) electrons. The molecule has 2 N–H and O–H groups in total. The number of alkyl halides is 1. The summed E-state index contributed by atoms with van der Waals surface area (Å²) in [4.78, 5) is 10.9. The summed E-state index contributed by atoms with van der Waals surface area (Å²) in [5.74, 6) is -0.505. The monoisotopic (exact) mass is 201 g/mol. The molecule has 1 heterocycles. The van der Waals surface area contributed by atoms with Gasteiger partial charge in [0.2, 0.25) is 5.76 Å². The Morgan fingerprint density at radius 1 is 1.71 bits per heavy atom. The van der Waals surface area contributed by atoms with Crippen LogP contribution in [0.15, 0.2) is 16.5 Å². The van der Waals surface area contributed by atoms with Crippen molar-refractivity contribution < 1.29 is 18.3 Å². The van der Waals surface area contributed by atoms with Crippen molar-refractivity contribution in [3.63, 3.8) is 0 Å². The van der Waals surface area contributed by atoms with E-state index in [4.69, 9.17) is 10.2 Å². The van der Waals surface area contributed by atoms with Gasteiger partial charge in [-0.3, -0.25) is 0 Å². The summed E-state index contributed by atoms with van der Waals surface area (Å²) in [6, 6.07) is 2.79. The molecule has 0 saturated carbocycles. The van der Waals surface area contributed by atoms with Gasteiger partial charge in [-0.1, -0.05) is 0 Å². The Morgan fingerprint density at radius 3 is 3.00 bits per heavy atom. The standard InChI is InChI=1S/C9H12FNO3/c1-13-9(12)8-3-2-7(14-8)6(10)4-5-11/h2-3,6H,4-5,11H2,1H3. The first-order valence-corrected chi connectivity index (χ1v) is 4.21. The maximum Gasteiger partial charge on any atom is 0.373 e. The van der Waals surface area contributed by atoms with Gasteiger partial charge in [0.05, 0.1) is 7.11 Å². The fraction of sp³-hybridized carbons (Fsp3) is 0.444. The average Bonchev–Trinajstić information content (AvgIpc) is 2.66. The highest BCUT2D eigenvalue weighted by molar-refractivity contribution is 5.86. The van der Waals surface area contributed by atoms with Crippen LogP contribution in [0.2, 0.25) is 0 Å². The van der Waals surface area contributed by atoms with Gasteiger partial charge in [0.15, 0.2) is 6.17 Å². The minimum Gasteiger partial charge on any atom is -0.463 e. The molecular formula is C9H12FNO3. The second kappa shape index (κ2) is 4.76. The van der Waals surface area contributed by atoms with Crippen LogP contribution in [-0.4, -0.2) is 19.6 Å². The number of esters is 1. The minimum absolute atomic E-state index is 0.00201. The lowest BCUT2D eigenvalue weighted by atomic mass is 10.2. The number of rotatable bonds is 4. The van der Waals surface area contributed by atoms with Gasteiger partial charge in [0.25, 0.3) is 0 Å². The van der Waals surface area contributed by atoms with Crippen molar-refractivity contribution in [2.45, 2.75) is 12.6 Å². The first-order valence-electron chi connectivity index (χ1n) is 4.21. The van der Waals surface area contributed by atoms with E-state index in [1.165, 1.54) is 19.2 Å². The normalized spacial score (nSPS) is 12.5. The number of nitrogens with two attached hydrogens (primary N) is 1. The molecule has 1 aromatic rings. The molecule has 1 unspecified atom stereocenters. The van der Waals surface area contributed by atoms with Crippen molar-refractivity contribution in [1.29, 1.82) is 0 Å². The first-order chi connectivity index (χ1) is 6.69. The van der Waals surface area contributed by atoms with E-state index in [1.54, 1.807) is 0 Å². The fourth-order valence-corrected chi connectivity index (χ4v) is 1.02. The first kappa shape index (κ1) is 10.7. The Bertz CT molecular complexity index is 311. The summed E-state index contributed by atoms with van der Waals surface area (Å²) >= 11 is 0. The zero-order valence-corrected chi connectivity index (χ0v) is 7.83. The number of hydrogen-bond donors (Lipinski definition) is 1. The molecule has 0 saturated heterocycles. The van der Waals surface area contributed by atoms with Crippen LogP contribution in [-0.2, 0) is 4.74 Å². The molecule has 78 valence electrons. The van der Waals surface area contributed by atoms with E-state index in [-0.39, 0.29) is 24.5 Å². The van der Waals surface area contributed by atoms with Crippen molar-refractivity contribution in [2.24, 2.45) is 5.73 Å². The SMILES string of the molecule is COC(=O)c1ccc(C(F)CCN)o1. The van der Waals surface area contributed by atoms with Gasteiger partial charge in [0.1, 0.15) is 5.76 Å². The van der Waals surface area contributed by atoms with E-state index in [9.17, 15) is 9.18 Å². The molecule has 0 spiro atoms. The van der Waals surface area contributed by atoms with E-state index < -0.39 is 12.1 Å². The summed E-state index contributed by atoms with van der Waals surface area (Å²) in [7, 11) is 1.23. The van der Waals surface area contributed by atoms with Crippen molar-refractivity contribution in [3.8, 4) is 0 Å². The highest BCUT2D eigenvalue weighted by Gasteiger charge is 2.17. The van der Waals surface area contributed by atoms with Crippen LogP contribution < -0.4 is 5.73 Å². The molecule has 0 amide bonds. The van der Waals surface area contributed by atoms with Crippen LogP contribution >= 0.6 is 0 Å². The minimum atomic E-state index is -1.27. The van der Waals surface area contributed by atoms with E-state index in [2.05, 4.69) is 4.74 Å². The van der Waals surface area contributed by atoms with Gasteiger partial charge in [0, 0.05) is 0 Å². The number of hydrogen-bond acceptors (Lipinski definition) is 4. The van der Waals surface area contributed by atoms with Crippen LogP contribution in [0.4, 0.5) is 4.39 Å². The Labute approximate surface area is 80.8 Å². The number of methoxy groups -OCH3 is 1. The van der Waals surface area contributed by atoms with E-state index >= 15 is 0 Å². The van der Waals surface area contributed by atoms with E-state index in [0.29, 0.717) is 0 Å². The molecule has 5 heteroatoms. The van der Waals surface area contributed by atoms with Gasteiger partial charge in [-0.15, -0.1) is 0 Å². The third-order valence-corrected chi connectivity index (χ3v) is 1.74. The summed E-state index contributed by atoms with van der Waals surface area (Å²) in [5.41, 5.74) is 5.19. The van der Waals surface area contributed by atoms with Gasteiger partial charge in [-0.2, -0.15) is 0 Å². The second-order valence-electron chi connectivity index (χ2n) is 2.74. The third kappa shape index (κ3) is 2.32. The largest absolute Gasteiger partial charge is 0.463 e. The lowest BCUT2D eigenvalue weighted by Crippen LogP contribution is -2.03. The second-order valence-corrected chi connectivity index (χ2v) is 2.74. The highest BCUT2D eigenvalue weighted by Crippen LogP contribution is 2.22. The molecule has 0 bridgehead atoms. The van der Waals surface area contributed by atoms with Crippen molar-refractivity contribution >= 4 is 5.97 Å². The van der Waals surface area contributed by atoms with Crippen LogP contribution in [0.1, 0.15) is 28.9 Å². The number of halogens is 1. The quantitative estimate of drug-likeness (QED) is 0.748. The Morgan fingerprint density at radius 2 is 2.43 bits per heavy atom. The fourth-order valence-electron chi connectivity index (χ4n) is 1.02. The molecule has 0 fully saturated rings. The van der Waals surface area contributed by atoms with Crippen LogP contribution in [0.3, 0.4) is 0 Å². The zero-order chi connectivity index (χ0) is 10.6. The maximum atomic E-state index is 13.2. The van der Waals surface area contributed by atoms with Gasteiger partial charge >= 0.3 is 5.97 Å². The predicted molar refractivity (Wildman–Crippen MR) is 47.6 cm³/mol. The zero-order valence-electron chi connectivity index (χ0n) is 7.83. The Balaban J connectivity index is 2.72. The van der Waals surface area contributed by atoms with Crippen molar-refractivity contribution in [3.05, 3.63) is 23.7 Å². The lowest BCUT2D eigenvalue weighted by molar-refractivity contribution is 0.0560. The van der Waals surface area contributed by atoms with Gasteiger partial charge in [-0.05, 0) is 25.1 Å². The number of furan rings is 1.